The van der Waals surface area contributed by atoms with Crippen molar-refractivity contribution in [3.63, 3.8) is 0 Å². The Morgan fingerprint density at radius 3 is 1.58 bits per heavy atom. The lowest BCUT2D eigenvalue weighted by Gasteiger charge is -2.29. The summed E-state index contributed by atoms with van der Waals surface area (Å²) in [5.74, 6) is -11.4. The van der Waals surface area contributed by atoms with Crippen LogP contribution in [0.5, 0.6) is 5.75 Å². The lowest BCUT2D eigenvalue weighted by Crippen LogP contribution is -2.61. The first-order valence-electron chi connectivity index (χ1n) is 24.2. The third-order valence-electron chi connectivity index (χ3n) is 11.2. The van der Waals surface area contributed by atoms with E-state index in [1.165, 1.54) is 38.1 Å². The lowest BCUT2D eigenvalue weighted by atomic mass is 9.99. The number of carbonyl (C=O) groups excluding carboxylic acids is 9. The minimum absolute atomic E-state index is 0.00115. The fourth-order valence-corrected chi connectivity index (χ4v) is 7.15. The minimum Gasteiger partial charge on any atom is -0.508 e. The number of hydrogen-bond acceptors (Lipinski definition) is 14. The van der Waals surface area contributed by atoms with Gasteiger partial charge in [0.2, 0.25) is 53.2 Å². The van der Waals surface area contributed by atoms with Crippen molar-refractivity contribution in [1.82, 2.24) is 47.9 Å². The fraction of sp³-hybridized carbons (Fsp3) is 0.531. The first kappa shape index (κ1) is 62.4. The third-order valence-corrected chi connectivity index (χ3v) is 11.2. The molecule has 0 fully saturated rings. The van der Waals surface area contributed by atoms with Gasteiger partial charge in [0.15, 0.2) is 0 Å². The van der Waals surface area contributed by atoms with Crippen molar-refractivity contribution in [1.29, 1.82) is 0 Å². The van der Waals surface area contributed by atoms with E-state index in [1.54, 1.807) is 58.0 Å². The van der Waals surface area contributed by atoms with E-state index in [9.17, 15) is 68.1 Å². The number of carboxylic acids is 2. The highest BCUT2D eigenvalue weighted by Crippen LogP contribution is 2.13. The zero-order valence-corrected chi connectivity index (χ0v) is 42.5. The van der Waals surface area contributed by atoms with Crippen LogP contribution in [0.2, 0.25) is 0 Å². The number of phenolic OH excluding ortho intramolecular Hbond substituents is 1. The molecule has 0 aliphatic heterocycles. The van der Waals surface area contributed by atoms with E-state index in [0.29, 0.717) is 24.0 Å². The summed E-state index contributed by atoms with van der Waals surface area (Å²) in [4.78, 5) is 144. The maximum Gasteiger partial charge on any atom is 0.325 e. The van der Waals surface area contributed by atoms with Crippen molar-refractivity contribution < 1.29 is 68.1 Å². The summed E-state index contributed by atoms with van der Waals surface area (Å²) in [7, 11) is 0. The van der Waals surface area contributed by atoms with Gasteiger partial charge in [-0.15, -0.1) is 0 Å². The van der Waals surface area contributed by atoms with Gasteiger partial charge in [-0.3, -0.25) is 52.7 Å². The molecule has 0 aliphatic carbocycles. The number of carboxylic acid groups (broad SMARTS) is 2. The second-order valence-corrected chi connectivity index (χ2v) is 18.4. The van der Waals surface area contributed by atoms with Crippen LogP contribution in [0.25, 0.3) is 0 Å². The zero-order chi connectivity index (χ0) is 55.7. The lowest BCUT2D eigenvalue weighted by molar-refractivity contribution is -0.142. The number of benzene rings is 2. The normalized spacial score (nSPS) is 14.2. The Hall–Kier alpha value is -7.67. The van der Waals surface area contributed by atoms with E-state index in [1.807, 2.05) is 0 Å². The smallest absolute Gasteiger partial charge is 0.325 e. The van der Waals surface area contributed by atoms with Crippen molar-refractivity contribution in [3.8, 4) is 5.75 Å². The molecular formula is C49H73N11O14. The van der Waals surface area contributed by atoms with Gasteiger partial charge in [0, 0.05) is 12.8 Å². The van der Waals surface area contributed by atoms with Crippen LogP contribution in [0.4, 0.5) is 0 Å². The highest BCUT2D eigenvalue weighted by Gasteiger charge is 2.35. The van der Waals surface area contributed by atoms with Gasteiger partial charge >= 0.3 is 11.9 Å². The molecule has 0 aliphatic rings. The molecule has 0 saturated carbocycles. The molecule has 2 rings (SSSR count). The van der Waals surface area contributed by atoms with Gasteiger partial charge < -0.3 is 74.6 Å². The van der Waals surface area contributed by atoms with Gasteiger partial charge in [-0.2, -0.15) is 0 Å². The average molecular weight is 1040 g/mol. The SMILES string of the molecule is CC(C)C[C@H](NC(=O)[C@H](Cc1ccccc1)NC(=O)[C@H](CCCCN)NC(=O)[C@@H](NC(=O)[C@H](CC(=O)O)NC(=O)CNC(=O)[C@H](Cc1ccc(O)cc1)NC(=O)CN)C(C)C)C(=O)N[C@@H](C)C(=O)N[C@@H](C)C(=O)O. The Morgan fingerprint density at radius 1 is 0.514 bits per heavy atom. The van der Waals surface area contributed by atoms with Crippen LogP contribution in [0, 0.1) is 11.8 Å². The molecule has 2 aromatic rings. The van der Waals surface area contributed by atoms with Crippen LogP contribution in [-0.4, -0.2) is 148 Å². The van der Waals surface area contributed by atoms with Crippen molar-refractivity contribution in [2.75, 3.05) is 19.6 Å². The van der Waals surface area contributed by atoms with Gasteiger partial charge in [-0.05, 0) is 81.2 Å². The first-order valence-corrected chi connectivity index (χ1v) is 24.2. The van der Waals surface area contributed by atoms with E-state index in [4.69, 9.17) is 11.5 Å². The number of aromatic hydroxyl groups is 1. The summed E-state index contributed by atoms with van der Waals surface area (Å²) < 4.78 is 0. The molecule has 0 radical (unpaired) electrons. The molecule has 8 atom stereocenters. The summed E-state index contributed by atoms with van der Waals surface area (Å²) in [6.07, 6.45) is -0.268. The monoisotopic (exact) mass is 1040 g/mol. The summed E-state index contributed by atoms with van der Waals surface area (Å²) in [6.45, 7) is 8.29. The first-order chi connectivity index (χ1) is 34.8. The molecule has 0 spiro atoms. The van der Waals surface area contributed by atoms with Crippen LogP contribution in [0.15, 0.2) is 54.6 Å². The van der Waals surface area contributed by atoms with Gasteiger partial charge in [-0.25, -0.2) is 0 Å². The summed E-state index contributed by atoms with van der Waals surface area (Å²) in [6, 6.07) is 3.55. The number of phenols is 1. The number of carbonyl (C=O) groups is 11. The predicted octanol–water partition coefficient (Wildman–Crippen LogP) is -2.44. The van der Waals surface area contributed by atoms with E-state index in [-0.39, 0.29) is 43.9 Å². The van der Waals surface area contributed by atoms with Crippen molar-refractivity contribution in [3.05, 3.63) is 65.7 Å². The Balaban J connectivity index is 2.33. The third kappa shape index (κ3) is 22.8. The number of aliphatic carboxylic acids is 2. The van der Waals surface area contributed by atoms with Crippen LogP contribution >= 0.6 is 0 Å². The minimum atomic E-state index is -1.78. The molecule has 0 aromatic heterocycles. The molecule has 0 heterocycles. The van der Waals surface area contributed by atoms with E-state index >= 15 is 0 Å². The Morgan fingerprint density at radius 2 is 1.03 bits per heavy atom. The predicted molar refractivity (Wildman–Crippen MR) is 268 cm³/mol. The Bertz CT molecular complexity index is 2250. The van der Waals surface area contributed by atoms with E-state index in [2.05, 4.69) is 47.9 Å². The second-order valence-electron chi connectivity index (χ2n) is 18.4. The van der Waals surface area contributed by atoms with Crippen LogP contribution in [0.3, 0.4) is 0 Å². The van der Waals surface area contributed by atoms with Gasteiger partial charge in [0.05, 0.1) is 19.5 Å². The van der Waals surface area contributed by atoms with Crippen molar-refractivity contribution in [2.24, 2.45) is 23.3 Å². The Kier molecular flexibility index (Phi) is 26.8. The Labute approximate surface area is 429 Å². The molecule has 0 saturated heterocycles. The molecule has 0 unspecified atom stereocenters. The van der Waals surface area contributed by atoms with E-state index in [0.717, 1.165) is 0 Å². The highest BCUT2D eigenvalue weighted by atomic mass is 16.4. The maximum atomic E-state index is 14.3. The maximum absolute atomic E-state index is 14.3. The van der Waals surface area contributed by atoms with E-state index < -0.39 is 139 Å². The van der Waals surface area contributed by atoms with Gasteiger partial charge in [0.1, 0.15) is 54.1 Å². The molecule has 16 N–H and O–H groups in total. The van der Waals surface area contributed by atoms with Crippen LogP contribution in [0.1, 0.15) is 84.8 Å². The molecular weight excluding hydrogens is 967 g/mol. The average Bonchev–Trinajstić information content (AvgIpc) is 3.33. The highest BCUT2D eigenvalue weighted by molar-refractivity contribution is 5.98. The molecule has 2 aromatic carbocycles. The van der Waals surface area contributed by atoms with Crippen LogP contribution in [-0.2, 0) is 65.6 Å². The number of rotatable bonds is 32. The number of hydrogen-bond donors (Lipinski definition) is 14. The standard InChI is InChI=1S/C49H73N11O14/c1-26(2)20-34(45(69)53-28(5)42(66)54-29(6)49(73)74)58-46(70)36(21-30-12-8-7-9-13-30)59-44(68)33(14-10-11-19-50)57-48(72)41(27(3)4)60-47(71)37(23-40(64)65)56-39(63)25-52-43(67)35(55-38(62)24-51)22-31-15-17-32(61)18-16-31/h7-9,12-13,15-18,26-29,33-37,41,61H,10-11,14,19-25,50-51H2,1-6H3,(H,52,67)(H,53,69)(H,54,66)(H,55,62)(H,56,63)(H,57,72)(H,58,70)(H,59,68)(H,60,71)(H,64,65)(H,73,74)/t28-,29-,33-,34-,35-,36-,37-,41-/m0/s1. The number of unbranched alkanes of at least 4 members (excludes halogenated alkanes) is 1. The van der Waals surface area contributed by atoms with Crippen LogP contribution < -0.4 is 59.3 Å². The fourth-order valence-electron chi connectivity index (χ4n) is 7.15. The molecule has 25 nitrogen and oxygen atoms in total. The second kappa shape index (κ2) is 31.7. The van der Waals surface area contributed by atoms with Gasteiger partial charge in [0.25, 0.3) is 0 Å². The zero-order valence-electron chi connectivity index (χ0n) is 42.5. The number of nitrogens with two attached hydrogens (primary N) is 2. The summed E-state index contributed by atoms with van der Waals surface area (Å²) in [5, 5.41) is 50.7. The van der Waals surface area contributed by atoms with Crippen molar-refractivity contribution in [2.45, 2.75) is 135 Å². The molecule has 74 heavy (non-hydrogen) atoms. The summed E-state index contributed by atoms with van der Waals surface area (Å²) in [5.41, 5.74) is 12.3. The number of nitrogens with one attached hydrogen (secondary N) is 9. The quantitative estimate of drug-likeness (QED) is 0.0339. The molecule has 9 amide bonds. The molecule has 25 heteroatoms. The van der Waals surface area contributed by atoms with Gasteiger partial charge in [-0.1, -0.05) is 70.2 Å². The van der Waals surface area contributed by atoms with Crippen molar-refractivity contribution >= 4 is 65.1 Å². The topological polar surface area (TPSA) is 409 Å². The molecule has 0 bridgehead atoms. The number of amides is 9. The largest absolute Gasteiger partial charge is 0.508 e. The summed E-state index contributed by atoms with van der Waals surface area (Å²) >= 11 is 0. The molecule has 408 valence electrons.